The lowest BCUT2D eigenvalue weighted by Gasteiger charge is -2.11. The van der Waals surface area contributed by atoms with Crippen LogP contribution in [0.1, 0.15) is 18.1 Å². The molecule has 0 saturated carbocycles. The highest BCUT2D eigenvalue weighted by Crippen LogP contribution is 2.24. The Kier molecular flexibility index (Phi) is 4.53. The summed E-state index contributed by atoms with van der Waals surface area (Å²) in [4.78, 5) is 0. The van der Waals surface area contributed by atoms with Crippen LogP contribution in [-0.2, 0) is 13.0 Å². The Morgan fingerprint density at radius 3 is 2.58 bits per heavy atom. The Balaban J connectivity index is 2.21. The van der Waals surface area contributed by atoms with E-state index >= 15 is 0 Å². The molecule has 0 aliphatic rings. The Morgan fingerprint density at radius 1 is 1.11 bits per heavy atom. The predicted molar refractivity (Wildman–Crippen MR) is 74.2 cm³/mol. The molecule has 4 heteroatoms. The molecule has 0 aliphatic heterocycles. The van der Waals surface area contributed by atoms with Crippen molar-refractivity contribution in [2.75, 3.05) is 0 Å². The highest BCUT2D eigenvalue weighted by atomic mass is 79.9. The van der Waals surface area contributed by atoms with Crippen molar-refractivity contribution in [1.82, 2.24) is 0 Å². The molecule has 0 spiro atoms. The van der Waals surface area contributed by atoms with E-state index in [0.29, 0.717) is 5.75 Å². The first-order valence-corrected chi connectivity index (χ1v) is 6.75. The average molecular weight is 327 g/mol. The van der Waals surface area contributed by atoms with Crippen molar-refractivity contribution in [3.8, 4) is 5.75 Å². The van der Waals surface area contributed by atoms with Gasteiger partial charge < -0.3 is 4.74 Å². The molecule has 0 unspecified atom stereocenters. The molecule has 0 bridgehead atoms. The van der Waals surface area contributed by atoms with Crippen molar-refractivity contribution >= 4 is 15.9 Å². The van der Waals surface area contributed by atoms with Crippen molar-refractivity contribution < 1.29 is 13.5 Å². The van der Waals surface area contributed by atoms with Gasteiger partial charge in [0, 0.05) is 0 Å². The molecule has 0 atom stereocenters. The summed E-state index contributed by atoms with van der Waals surface area (Å²) in [5, 5.41) is 0. The number of hydrogen-bond acceptors (Lipinski definition) is 1. The van der Waals surface area contributed by atoms with E-state index in [1.54, 1.807) is 6.07 Å². The molecule has 0 radical (unpaired) electrons. The van der Waals surface area contributed by atoms with E-state index in [9.17, 15) is 8.78 Å². The van der Waals surface area contributed by atoms with E-state index in [2.05, 4.69) is 15.9 Å². The molecular formula is C15H13BrF2O. The van der Waals surface area contributed by atoms with Gasteiger partial charge in [0.2, 0.25) is 0 Å². The van der Waals surface area contributed by atoms with Gasteiger partial charge in [0.1, 0.15) is 24.0 Å². The maximum absolute atomic E-state index is 13.8. The zero-order valence-electron chi connectivity index (χ0n) is 10.4. The van der Waals surface area contributed by atoms with E-state index in [1.807, 2.05) is 25.1 Å². The predicted octanol–water partition coefficient (Wildman–Crippen LogP) is 4.87. The fourth-order valence-corrected chi connectivity index (χ4v) is 2.16. The summed E-state index contributed by atoms with van der Waals surface area (Å²) in [6.07, 6.45) is 0.805. The topological polar surface area (TPSA) is 9.23 Å². The summed E-state index contributed by atoms with van der Waals surface area (Å²) in [5.41, 5.74) is 0.943. The third-order valence-corrected chi connectivity index (χ3v) is 3.48. The van der Waals surface area contributed by atoms with Gasteiger partial charge in [-0.1, -0.05) is 25.1 Å². The first-order chi connectivity index (χ1) is 9.13. The smallest absolute Gasteiger partial charge is 0.146 e. The van der Waals surface area contributed by atoms with Crippen molar-refractivity contribution in [2.45, 2.75) is 20.0 Å². The van der Waals surface area contributed by atoms with E-state index < -0.39 is 11.6 Å². The number of ether oxygens (including phenoxy) is 1. The van der Waals surface area contributed by atoms with Crippen LogP contribution in [0, 0.1) is 11.6 Å². The fourth-order valence-electron chi connectivity index (χ4n) is 1.79. The Hall–Kier alpha value is -1.42. The Bertz CT molecular complexity index is 584. The monoisotopic (exact) mass is 326 g/mol. The van der Waals surface area contributed by atoms with Gasteiger partial charge in [-0.15, -0.1) is 0 Å². The normalized spacial score (nSPS) is 10.5. The highest BCUT2D eigenvalue weighted by Gasteiger charge is 2.13. The lowest BCUT2D eigenvalue weighted by Crippen LogP contribution is -2.04. The van der Waals surface area contributed by atoms with Crippen LogP contribution >= 0.6 is 15.9 Å². The molecule has 0 amide bonds. The summed E-state index contributed by atoms with van der Waals surface area (Å²) in [5.74, 6) is -0.563. The third-order valence-electron chi connectivity index (χ3n) is 2.86. The van der Waals surface area contributed by atoms with Gasteiger partial charge in [0.05, 0.1) is 10.0 Å². The van der Waals surface area contributed by atoms with Crippen LogP contribution in [0.25, 0.3) is 0 Å². The van der Waals surface area contributed by atoms with Gasteiger partial charge in [-0.05, 0) is 46.1 Å². The lowest BCUT2D eigenvalue weighted by atomic mass is 10.1. The summed E-state index contributed by atoms with van der Waals surface area (Å²) in [6.45, 7) is 1.87. The first-order valence-electron chi connectivity index (χ1n) is 5.96. The molecule has 0 aromatic heterocycles. The minimum absolute atomic E-state index is 0.0692. The van der Waals surface area contributed by atoms with Gasteiger partial charge >= 0.3 is 0 Å². The van der Waals surface area contributed by atoms with Crippen molar-refractivity contribution in [3.05, 3.63) is 63.6 Å². The highest BCUT2D eigenvalue weighted by molar-refractivity contribution is 9.10. The molecular weight excluding hydrogens is 314 g/mol. The van der Waals surface area contributed by atoms with Gasteiger partial charge in [-0.25, -0.2) is 8.78 Å². The van der Waals surface area contributed by atoms with Gasteiger partial charge in [0.15, 0.2) is 0 Å². The van der Waals surface area contributed by atoms with Crippen LogP contribution < -0.4 is 4.74 Å². The molecule has 100 valence electrons. The van der Waals surface area contributed by atoms with Gasteiger partial charge in [-0.3, -0.25) is 0 Å². The molecule has 2 aromatic rings. The van der Waals surface area contributed by atoms with Crippen LogP contribution in [-0.4, -0.2) is 0 Å². The first kappa shape index (κ1) is 14.0. The number of rotatable bonds is 4. The van der Waals surface area contributed by atoms with E-state index in [0.717, 1.165) is 12.0 Å². The maximum atomic E-state index is 13.8. The lowest BCUT2D eigenvalue weighted by molar-refractivity contribution is 0.289. The SMILES string of the molecule is CCc1ccccc1OCc1c(F)ccc(Br)c1F. The number of hydrogen-bond donors (Lipinski definition) is 0. The van der Waals surface area contributed by atoms with Gasteiger partial charge in [0.25, 0.3) is 0 Å². The van der Waals surface area contributed by atoms with Crippen LogP contribution in [0.4, 0.5) is 8.78 Å². The standard InChI is InChI=1S/C15H13BrF2O/c1-2-10-5-3-4-6-14(10)19-9-11-13(17)8-7-12(16)15(11)18/h3-8H,2,9H2,1H3. The van der Waals surface area contributed by atoms with Crippen molar-refractivity contribution in [1.29, 1.82) is 0 Å². The van der Waals surface area contributed by atoms with E-state index in [1.165, 1.54) is 12.1 Å². The zero-order valence-corrected chi connectivity index (χ0v) is 12.0. The molecule has 0 aliphatic carbocycles. The molecule has 2 rings (SSSR count). The third kappa shape index (κ3) is 3.13. The Labute approximate surface area is 119 Å². The minimum atomic E-state index is -0.617. The summed E-state index contributed by atoms with van der Waals surface area (Å²) in [7, 11) is 0. The molecule has 0 heterocycles. The molecule has 0 fully saturated rings. The molecule has 1 nitrogen and oxygen atoms in total. The second-order valence-electron chi connectivity index (χ2n) is 4.07. The maximum Gasteiger partial charge on any atom is 0.146 e. The number of halogens is 3. The largest absolute Gasteiger partial charge is 0.488 e. The van der Waals surface area contributed by atoms with Crippen molar-refractivity contribution in [2.24, 2.45) is 0 Å². The van der Waals surface area contributed by atoms with Crippen LogP contribution in [0.2, 0.25) is 0 Å². The van der Waals surface area contributed by atoms with Crippen molar-refractivity contribution in [3.63, 3.8) is 0 Å². The summed E-state index contributed by atoms with van der Waals surface area (Å²) in [6, 6.07) is 10.0. The molecule has 2 aromatic carbocycles. The number of para-hydroxylation sites is 1. The van der Waals surface area contributed by atoms with Gasteiger partial charge in [-0.2, -0.15) is 0 Å². The number of benzene rings is 2. The van der Waals surface area contributed by atoms with Crippen LogP contribution in [0.3, 0.4) is 0 Å². The minimum Gasteiger partial charge on any atom is -0.488 e. The van der Waals surface area contributed by atoms with Crippen LogP contribution in [0.5, 0.6) is 5.75 Å². The molecule has 19 heavy (non-hydrogen) atoms. The van der Waals surface area contributed by atoms with E-state index in [-0.39, 0.29) is 16.6 Å². The number of aryl methyl sites for hydroxylation is 1. The summed E-state index contributed by atoms with van der Waals surface area (Å²) >= 11 is 3.04. The molecule has 0 N–H and O–H groups in total. The average Bonchev–Trinajstić information content (AvgIpc) is 2.43. The van der Waals surface area contributed by atoms with Crippen LogP contribution in [0.15, 0.2) is 40.9 Å². The second-order valence-corrected chi connectivity index (χ2v) is 4.93. The fraction of sp³-hybridized carbons (Fsp3) is 0.200. The zero-order chi connectivity index (χ0) is 13.8. The van der Waals surface area contributed by atoms with E-state index in [4.69, 9.17) is 4.74 Å². The molecule has 0 saturated heterocycles. The quantitative estimate of drug-likeness (QED) is 0.728. The Morgan fingerprint density at radius 2 is 1.84 bits per heavy atom. The second kappa shape index (κ2) is 6.15. The summed E-state index contributed by atoms with van der Waals surface area (Å²) < 4.78 is 33.1.